The molecule has 1 aromatic carbocycles. The van der Waals surface area contributed by atoms with Crippen LogP contribution in [0.4, 0.5) is 0 Å². The van der Waals surface area contributed by atoms with E-state index in [2.05, 4.69) is 14.9 Å². The van der Waals surface area contributed by atoms with Gasteiger partial charge in [-0.05, 0) is 55.1 Å². The largest absolute Gasteiger partial charge is 0.278 e. The first-order valence-electron chi connectivity index (χ1n) is 7.93. The average molecular weight is 319 g/mol. The Morgan fingerprint density at radius 2 is 2.14 bits per heavy atom. The van der Waals surface area contributed by atoms with E-state index in [0.717, 1.165) is 41.6 Å². The maximum atomic E-state index is 12.4. The highest BCUT2D eigenvalue weighted by Gasteiger charge is 2.47. The Morgan fingerprint density at radius 3 is 2.86 bits per heavy atom. The number of H-pyrrole nitrogens is 1. The van der Waals surface area contributed by atoms with Gasteiger partial charge in [-0.2, -0.15) is 5.10 Å². The first kappa shape index (κ1) is 14.2. The van der Waals surface area contributed by atoms with Crippen LogP contribution in [0, 0.1) is 11.3 Å². The first-order chi connectivity index (χ1) is 10.5. The quantitative estimate of drug-likeness (QED) is 0.889. The Morgan fingerprint density at radius 1 is 1.32 bits per heavy atom. The molecule has 22 heavy (non-hydrogen) atoms. The number of nitrogens with zero attached hydrogens (tertiary/aromatic N) is 1. The maximum absolute atomic E-state index is 12.4. The minimum absolute atomic E-state index is 0.0594. The van der Waals surface area contributed by atoms with Crippen LogP contribution < -0.4 is 4.72 Å². The van der Waals surface area contributed by atoms with Crippen LogP contribution in [0.1, 0.15) is 37.7 Å². The lowest BCUT2D eigenvalue weighted by molar-refractivity contribution is 0.332. The second-order valence-electron chi connectivity index (χ2n) is 7.02. The summed E-state index contributed by atoms with van der Waals surface area (Å²) in [5.74, 6) is 1.07. The van der Waals surface area contributed by atoms with Crippen molar-refractivity contribution in [2.45, 2.75) is 38.6 Å². The molecular weight excluding hydrogens is 298 g/mol. The maximum Gasteiger partial charge on any atom is 0.212 e. The molecule has 2 aromatic rings. The fourth-order valence-corrected chi connectivity index (χ4v) is 5.96. The van der Waals surface area contributed by atoms with Crippen LogP contribution in [0.2, 0.25) is 0 Å². The van der Waals surface area contributed by atoms with Gasteiger partial charge in [0.25, 0.3) is 0 Å². The molecule has 4 rings (SSSR count). The molecule has 0 saturated heterocycles. The van der Waals surface area contributed by atoms with Gasteiger partial charge >= 0.3 is 0 Å². The smallest absolute Gasteiger partial charge is 0.212 e. The molecule has 0 unspecified atom stereocenters. The SMILES string of the molecule is O=S(=O)(CC12CCC(CC1)C2)NCc1ccc2cn[nH]c2c1. The second-order valence-corrected chi connectivity index (χ2v) is 8.83. The van der Waals surface area contributed by atoms with Crippen LogP contribution in [-0.4, -0.2) is 24.4 Å². The number of rotatable bonds is 5. The molecule has 118 valence electrons. The van der Waals surface area contributed by atoms with Crippen LogP contribution in [0.3, 0.4) is 0 Å². The fourth-order valence-electron chi connectivity index (χ4n) is 4.26. The standard InChI is InChI=1S/C16H21N3O2S/c20-22(21,11-16-5-3-12(8-16)4-6-16)18-9-13-1-2-14-10-17-19-15(14)7-13/h1-2,7,10,12,18H,3-6,8-9,11H2,(H,17,19). The number of nitrogens with one attached hydrogen (secondary N) is 2. The predicted octanol–water partition coefficient (Wildman–Crippen LogP) is 2.56. The van der Waals surface area contributed by atoms with Crippen LogP contribution in [-0.2, 0) is 16.6 Å². The van der Waals surface area contributed by atoms with Crippen LogP contribution in [0.5, 0.6) is 0 Å². The summed E-state index contributed by atoms with van der Waals surface area (Å²) < 4.78 is 27.6. The zero-order valence-electron chi connectivity index (χ0n) is 12.5. The van der Waals surface area contributed by atoms with Crippen molar-refractivity contribution in [1.82, 2.24) is 14.9 Å². The number of benzene rings is 1. The highest BCUT2D eigenvalue weighted by molar-refractivity contribution is 7.89. The lowest BCUT2D eigenvalue weighted by atomic mass is 9.87. The highest BCUT2D eigenvalue weighted by Crippen LogP contribution is 2.54. The van der Waals surface area contributed by atoms with Gasteiger partial charge in [0.1, 0.15) is 0 Å². The minimum atomic E-state index is -3.22. The summed E-state index contributed by atoms with van der Waals surface area (Å²) in [4.78, 5) is 0. The number of aromatic nitrogens is 2. The number of sulfonamides is 1. The fraction of sp³-hybridized carbons (Fsp3) is 0.562. The lowest BCUT2D eigenvalue weighted by Crippen LogP contribution is -2.34. The van der Waals surface area contributed by atoms with E-state index in [9.17, 15) is 8.42 Å². The monoisotopic (exact) mass is 319 g/mol. The van der Waals surface area contributed by atoms with Crippen molar-refractivity contribution in [3.05, 3.63) is 30.0 Å². The van der Waals surface area contributed by atoms with E-state index in [4.69, 9.17) is 0 Å². The van der Waals surface area contributed by atoms with Gasteiger partial charge < -0.3 is 0 Å². The van der Waals surface area contributed by atoms with Crippen molar-refractivity contribution in [3.8, 4) is 0 Å². The summed E-state index contributed by atoms with van der Waals surface area (Å²) in [5, 5.41) is 7.93. The van der Waals surface area contributed by atoms with E-state index >= 15 is 0 Å². The molecule has 0 atom stereocenters. The molecule has 2 bridgehead atoms. The van der Waals surface area contributed by atoms with E-state index in [0.29, 0.717) is 12.3 Å². The van der Waals surface area contributed by atoms with E-state index in [-0.39, 0.29) is 5.41 Å². The normalized spacial score (nSPS) is 27.7. The van der Waals surface area contributed by atoms with E-state index < -0.39 is 10.0 Å². The molecule has 2 aliphatic carbocycles. The summed E-state index contributed by atoms with van der Waals surface area (Å²) in [6.45, 7) is 0.344. The van der Waals surface area contributed by atoms with Gasteiger partial charge in [-0.25, -0.2) is 13.1 Å². The Labute approximate surface area is 130 Å². The van der Waals surface area contributed by atoms with Crippen LogP contribution in [0.25, 0.3) is 10.9 Å². The molecule has 1 heterocycles. The van der Waals surface area contributed by atoms with E-state index in [1.54, 1.807) is 6.20 Å². The number of aromatic amines is 1. The van der Waals surface area contributed by atoms with Crippen molar-refractivity contribution < 1.29 is 8.42 Å². The molecule has 0 amide bonds. The number of fused-ring (bicyclic) bond motifs is 3. The first-order valence-corrected chi connectivity index (χ1v) is 9.58. The Balaban J connectivity index is 1.43. The molecule has 5 nitrogen and oxygen atoms in total. The average Bonchev–Trinajstić information content (AvgIpc) is 3.18. The molecule has 2 saturated carbocycles. The van der Waals surface area contributed by atoms with Crippen molar-refractivity contribution in [3.63, 3.8) is 0 Å². The topological polar surface area (TPSA) is 74.8 Å². The Hall–Kier alpha value is -1.40. The van der Waals surface area contributed by atoms with Crippen LogP contribution >= 0.6 is 0 Å². The molecule has 6 heteroatoms. The Bertz CT molecular complexity index is 789. The van der Waals surface area contributed by atoms with Gasteiger partial charge in [0, 0.05) is 11.9 Å². The molecule has 0 spiro atoms. The summed E-state index contributed by atoms with van der Waals surface area (Å²) in [5.41, 5.74) is 1.95. The van der Waals surface area contributed by atoms with E-state index in [1.165, 1.54) is 12.8 Å². The summed E-state index contributed by atoms with van der Waals surface area (Å²) in [6, 6.07) is 5.85. The summed E-state index contributed by atoms with van der Waals surface area (Å²) in [7, 11) is -3.22. The van der Waals surface area contributed by atoms with Gasteiger partial charge in [0.05, 0.1) is 17.5 Å². The molecule has 2 fully saturated rings. The van der Waals surface area contributed by atoms with Crippen molar-refractivity contribution in [2.24, 2.45) is 11.3 Å². The van der Waals surface area contributed by atoms with Gasteiger partial charge in [0.2, 0.25) is 10.0 Å². The number of hydrogen-bond donors (Lipinski definition) is 2. The number of hydrogen-bond acceptors (Lipinski definition) is 3. The second kappa shape index (κ2) is 5.06. The van der Waals surface area contributed by atoms with Gasteiger partial charge in [-0.15, -0.1) is 0 Å². The molecule has 2 aliphatic rings. The molecule has 2 N–H and O–H groups in total. The Kier molecular flexibility index (Phi) is 3.27. The van der Waals surface area contributed by atoms with Gasteiger partial charge in [-0.1, -0.05) is 12.1 Å². The van der Waals surface area contributed by atoms with Crippen molar-refractivity contribution in [1.29, 1.82) is 0 Å². The molecule has 0 aliphatic heterocycles. The van der Waals surface area contributed by atoms with Crippen molar-refractivity contribution in [2.75, 3.05) is 5.75 Å². The molecule has 0 radical (unpaired) electrons. The summed E-state index contributed by atoms with van der Waals surface area (Å²) in [6.07, 6.45) is 7.46. The third-order valence-corrected chi connectivity index (χ3v) is 6.96. The molecule has 1 aromatic heterocycles. The minimum Gasteiger partial charge on any atom is -0.278 e. The predicted molar refractivity (Wildman–Crippen MR) is 85.7 cm³/mol. The highest BCUT2D eigenvalue weighted by atomic mass is 32.2. The third-order valence-electron chi connectivity index (χ3n) is 5.39. The molecular formula is C16H21N3O2S. The third kappa shape index (κ3) is 2.65. The zero-order chi connectivity index (χ0) is 15.2. The van der Waals surface area contributed by atoms with Crippen LogP contribution in [0.15, 0.2) is 24.4 Å². The van der Waals surface area contributed by atoms with E-state index in [1.807, 2.05) is 18.2 Å². The zero-order valence-corrected chi connectivity index (χ0v) is 13.3. The summed E-state index contributed by atoms with van der Waals surface area (Å²) >= 11 is 0. The van der Waals surface area contributed by atoms with Crippen molar-refractivity contribution >= 4 is 20.9 Å². The van der Waals surface area contributed by atoms with Gasteiger partial charge in [-0.3, -0.25) is 5.10 Å². The van der Waals surface area contributed by atoms with Gasteiger partial charge in [0.15, 0.2) is 0 Å². The lowest BCUT2D eigenvalue weighted by Gasteiger charge is -2.26.